The molecule has 150 valence electrons. The molecule has 0 bridgehead atoms. The topological polar surface area (TPSA) is 48.7 Å². The lowest BCUT2D eigenvalue weighted by Gasteiger charge is -2.26. The zero-order valence-corrected chi connectivity index (χ0v) is 19.8. The van der Waals surface area contributed by atoms with Gasteiger partial charge in [-0.15, -0.1) is 24.0 Å². The number of likely N-dealkylation sites (N-methyl/N-ethyl adjacent to an activating group) is 1. The molecule has 2 rings (SSSR count). The molecule has 0 aliphatic carbocycles. The number of aryl methyl sites for hydroxylation is 1. The fraction of sp³-hybridized carbons (Fsp3) is 0.474. The first-order chi connectivity index (χ1) is 12.4. The van der Waals surface area contributed by atoms with E-state index in [1.165, 1.54) is 5.56 Å². The number of hydrogen-bond acceptors (Lipinski definition) is 3. The van der Waals surface area contributed by atoms with Crippen molar-refractivity contribution in [3.63, 3.8) is 0 Å². The van der Waals surface area contributed by atoms with Crippen molar-refractivity contribution in [2.75, 3.05) is 34.2 Å². The fourth-order valence-electron chi connectivity index (χ4n) is 2.80. The van der Waals surface area contributed by atoms with Gasteiger partial charge in [-0.2, -0.15) is 5.10 Å². The number of benzene rings is 1. The summed E-state index contributed by atoms with van der Waals surface area (Å²) in [4.78, 5) is 9.16. The number of hydrogen-bond donors (Lipinski definition) is 1. The van der Waals surface area contributed by atoms with E-state index >= 15 is 0 Å². The summed E-state index contributed by atoms with van der Waals surface area (Å²) in [6, 6.07) is 8.17. The molecule has 0 saturated heterocycles. The highest BCUT2D eigenvalue weighted by atomic mass is 127. The Morgan fingerprint density at radius 3 is 2.44 bits per heavy atom. The first kappa shape index (κ1) is 23.7. The highest BCUT2D eigenvalue weighted by Gasteiger charge is 2.15. The molecule has 0 fully saturated rings. The van der Waals surface area contributed by atoms with E-state index in [2.05, 4.69) is 53.4 Å². The second-order valence-electron chi connectivity index (χ2n) is 6.60. The van der Waals surface area contributed by atoms with Gasteiger partial charge in [-0.25, -0.2) is 0 Å². The molecule has 1 unspecified atom stereocenters. The molecule has 0 aliphatic rings. The molecule has 0 aliphatic heterocycles. The van der Waals surface area contributed by atoms with Crippen molar-refractivity contribution >= 4 is 41.5 Å². The smallest absolute Gasteiger partial charge is 0.194 e. The lowest BCUT2D eigenvalue weighted by atomic mass is 10.1. The van der Waals surface area contributed by atoms with Gasteiger partial charge in [0.25, 0.3) is 0 Å². The highest BCUT2D eigenvalue weighted by Crippen LogP contribution is 2.21. The van der Waals surface area contributed by atoms with E-state index in [1.807, 2.05) is 43.3 Å². The van der Waals surface area contributed by atoms with Crippen LogP contribution in [-0.2, 0) is 13.6 Å². The van der Waals surface area contributed by atoms with Crippen molar-refractivity contribution in [1.82, 2.24) is 24.9 Å². The van der Waals surface area contributed by atoms with E-state index in [1.54, 1.807) is 0 Å². The second-order valence-corrected chi connectivity index (χ2v) is 7.04. The summed E-state index contributed by atoms with van der Waals surface area (Å²) in [6.07, 6.45) is 3.91. The van der Waals surface area contributed by atoms with Gasteiger partial charge in [-0.3, -0.25) is 9.67 Å². The van der Waals surface area contributed by atoms with E-state index < -0.39 is 0 Å². The predicted octanol–water partition coefficient (Wildman–Crippen LogP) is 3.39. The normalized spacial score (nSPS) is 12.6. The molecule has 0 radical (unpaired) electrons. The average Bonchev–Trinajstić information content (AvgIpc) is 3.00. The van der Waals surface area contributed by atoms with Crippen LogP contribution in [0.1, 0.15) is 24.1 Å². The molecule has 1 heterocycles. The Bertz CT molecular complexity index is 713. The number of aromatic nitrogens is 2. The van der Waals surface area contributed by atoms with Crippen LogP contribution in [0.15, 0.2) is 41.7 Å². The second kappa shape index (κ2) is 11.5. The number of nitrogens with one attached hydrogen (secondary N) is 1. The zero-order chi connectivity index (χ0) is 19.1. The standard InChI is InChI=1S/C19H29ClN6.HI/c1-6-21-19(25(4)13-15-11-23-26(5)14-15)22-12-18(24(2)3)16-7-9-17(20)10-8-16;/h7-11,14,18H,6,12-13H2,1-5H3,(H,21,22);1H. The van der Waals surface area contributed by atoms with Gasteiger partial charge in [0.2, 0.25) is 0 Å². The van der Waals surface area contributed by atoms with E-state index in [-0.39, 0.29) is 30.0 Å². The summed E-state index contributed by atoms with van der Waals surface area (Å²) in [5.41, 5.74) is 2.36. The van der Waals surface area contributed by atoms with E-state index in [4.69, 9.17) is 16.6 Å². The van der Waals surface area contributed by atoms with Gasteiger partial charge in [0.15, 0.2) is 5.96 Å². The minimum Gasteiger partial charge on any atom is -0.357 e. The first-order valence-corrected chi connectivity index (χ1v) is 9.17. The van der Waals surface area contributed by atoms with Gasteiger partial charge >= 0.3 is 0 Å². The molecule has 1 aromatic carbocycles. The van der Waals surface area contributed by atoms with Crippen LogP contribution in [0, 0.1) is 0 Å². The van der Waals surface area contributed by atoms with Crippen LogP contribution in [0.3, 0.4) is 0 Å². The Hall–Kier alpha value is -1.32. The van der Waals surface area contributed by atoms with Crippen molar-refractivity contribution in [3.05, 3.63) is 52.8 Å². The molecule has 0 spiro atoms. The molecular weight excluding hydrogens is 475 g/mol. The minimum absolute atomic E-state index is 0. The number of guanidine groups is 1. The van der Waals surface area contributed by atoms with Crippen LogP contribution in [0.2, 0.25) is 5.02 Å². The summed E-state index contributed by atoms with van der Waals surface area (Å²) in [7, 11) is 8.11. The van der Waals surface area contributed by atoms with E-state index in [9.17, 15) is 0 Å². The van der Waals surface area contributed by atoms with E-state index in [0.717, 1.165) is 29.6 Å². The maximum Gasteiger partial charge on any atom is 0.194 e. The number of nitrogens with zero attached hydrogens (tertiary/aromatic N) is 5. The van der Waals surface area contributed by atoms with E-state index in [0.29, 0.717) is 6.54 Å². The van der Waals surface area contributed by atoms with Crippen molar-refractivity contribution in [2.45, 2.75) is 19.5 Å². The number of halogens is 2. The van der Waals surface area contributed by atoms with Gasteiger partial charge in [0.05, 0.1) is 18.8 Å². The van der Waals surface area contributed by atoms with Crippen molar-refractivity contribution in [1.29, 1.82) is 0 Å². The third kappa shape index (κ3) is 7.31. The van der Waals surface area contributed by atoms with Crippen LogP contribution in [0.4, 0.5) is 0 Å². The minimum atomic E-state index is 0. The van der Waals surface area contributed by atoms with Crippen LogP contribution >= 0.6 is 35.6 Å². The number of aliphatic imine (C=N–C) groups is 1. The molecule has 2 aromatic rings. The van der Waals surface area contributed by atoms with Gasteiger partial charge in [-0.05, 0) is 38.7 Å². The molecule has 1 aromatic heterocycles. The molecule has 0 amide bonds. The molecule has 1 N–H and O–H groups in total. The van der Waals surface area contributed by atoms with Gasteiger partial charge in [-0.1, -0.05) is 23.7 Å². The van der Waals surface area contributed by atoms with Crippen molar-refractivity contribution in [3.8, 4) is 0 Å². The molecular formula is C19H30ClIN6. The first-order valence-electron chi connectivity index (χ1n) is 8.79. The zero-order valence-electron chi connectivity index (χ0n) is 16.7. The summed E-state index contributed by atoms with van der Waals surface area (Å²) in [6.45, 7) is 4.32. The summed E-state index contributed by atoms with van der Waals surface area (Å²) in [5.74, 6) is 0.886. The van der Waals surface area contributed by atoms with Crippen molar-refractivity contribution in [2.24, 2.45) is 12.0 Å². The molecule has 1 atom stereocenters. The summed E-state index contributed by atoms with van der Waals surface area (Å²) < 4.78 is 1.82. The Balaban J connectivity index is 0.00000364. The third-order valence-electron chi connectivity index (χ3n) is 4.17. The molecule has 6 nitrogen and oxygen atoms in total. The van der Waals surface area contributed by atoms with Gasteiger partial charge in [0.1, 0.15) is 0 Å². The quantitative estimate of drug-likeness (QED) is 0.357. The maximum atomic E-state index is 6.02. The summed E-state index contributed by atoms with van der Waals surface area (Å²) >= 11 is 6.02. The van der Waals surface area contributed by atoms with Gasteiger partial charge in [0, 0.05) is 44.0 Å². The van der Waals surface area contributed by atoms with Crippen molar-refractivity contribution < 1.29 is 0 Å². The van der Waals surface area contributed by atoms with Crippen LogP contribution < -0.4 is 5.32 Å². The molecule has 0 saturated carbocycles. The maximum absolute atomic E-state index is 6.02. The van der Waals surface area contributed by atoms with Gasteiger partial charge < -0.3 is 15.1 Å². The largest absolute Gasteiger partial charge is 0.357 e. The Labute approximate surface area is 184 Å². The number of rotatable bonds is 7. The van der Waals surface area contributed by atoms with Crippen LogP contribution in [0.25, 0.3) is 0 Å². The Morgan fingerprint density at radius 1 is 1.26 bits per heavy atom. The Morgan fingerprint density at radius 2 is 1.93 bits per heavy atom. The Kier molecular flexibility index (Phi) is 10.1. The van der Waals surface area contributed by atoms with Crippen LogP contribution in [0.5, 0.6) is 0 Å². The third-order valence-corrected chi connectivity index (χ3v) is 4.42. The molecule has 27 heavy (non-hydrogen) atoms. The SMILES string of the molecule is CCNC(=NCC(c1ccc(Cl)cc1)N(C)C)N(C)Cc1cnn(C)c1.I. The lowest BCUT2D eigenvalue weighted by molar-refractivity contribution is 0.305. The van der Waals surface area contributed by atoms with Crippen LogP contribution in [-0.4, -0.2) is 59.8 Å². The predicted molar refractivity (Wildman–Crippen MR) is 124 cm³/mol. The highest BCUT2D eigenvalue weighted by molar-refractivity contribution is 14.0. The monoisotopic (exact) mass is 504 g/mol. The average molecular weight is 505 g/mol. The molecule has 8 heteroatoms. The summed E-state index contributed by atoms with van der Waals surface area (Å²) in [5, 5.41) is 8.35. The fourth-order valence-corrected chi connectivity index (χ4v) is 2.92. The lowest BCUT2D eigenvalue weighted by Crippen LogP contribution is -2.39.